The smallest absolute Gasteiger partial charge is 0.237 e. The highest BCUT2D eigenvalue weighted by Crippen LogP contribution is 2.29. The van der Waals surface area contributed by atoms with Gasteiger partial charge in [-0.15, -0.1) is 16.8 Å². The number of carbonyl (C=O) groups excluding carboxylic acids is 1. The van der Waals surface area contributed by atoms with Crippen LogP contribution < -0.4 is 10.1 Å². The summed E-state index contributed by atoms with van der Waals surface area (Å²) in [6, 6.07) is 9.43. The van der Waals surface area contributed by atoms with E-state index in [9.17, 15) is 4.79 Å². The van der Waals surface area contributed by atoms with Crippen molar-refractivity contribution in [2.45, 2.75) is 30.8 Å². The second-order valence-corrected chi connectivity index (χ2v) is 7.71. The molecule has 0 bridgehead atoms. The zero-order chi connectivity index (χ0) is 20.8. The first-order valence-corrected chi connectivity index (χ1v) is 9.98. The zero-order valence-corrected chi connectivity index (χ0v) is 17.4. The standard InChI is InChI=1S/C21H23N5O2S/c1-5-11-26-19(16-7-6-10-22-13-16)24-25-21(26)29-15(3)20(27)23-17-12-14(2)8-9-18(17)28-4/h5-10,12-13,15H,1,11H2,2-4H3,(H,23,27)/t15-/m1/s1. The van der Waals surface area contributed by atoms with Gasteiger partial charge >= 0.3 is 0 Å². The average molecular weight is 410 g/mol. The first-order valence-electron chi connectivity index (χ1n) is 9.10. The number of allylic oxidation sites excluding steroid dienone is 1. The maximum atomic E-state index is 12.8. The topological polar surface area (TPSA) is 81.9 Å². The second kappa shape index (κ2) is 9.38. The van der Waals surface area contributed by atoms with Crippen LogP contribution in [0.3, 0.4) is 0 Å². The summed E-state index contributed by atoms with van der Waals surface area (Å²) >= 11 is 1.34. The number of amides is 1. The maximum absolute atomic E-state index is 12.8. The predicted molar refractivity (Wildman–Crippen MR) is 115 cm³/mol. The van der Waals surface area contributed by atoms with Crippen LogP contribution in [0.5, 0.6) is 5.75 Å². The quantitative estimate of drug-likeness (QED) is 0.448. The number of rotatable bonds is 8. The molecule has 7 nitrogen and oxygen atoms in total. The summed E-state index contributed by atoms with van der Waals surface area (Å²) in [6.07, 6.45) is 5.22. The van der Waals surface area contributed by atoms with Crippen molar-refractivity contribution in [3.63, 3.8) is 0 Å². The molecular weight excluding hydrogens is 386 g/mol. The number of nitrogens with zero attached hydrogens (tertiary/aromatic N) is 4. The van der Waals surface area contributed by atoms with Crippen LogP contribution in [0.2, 0.25) is 0 Å². The summed E-state index contributed by atoms with van der Waals surface area (Å²) in [5.41, 5.74) is 2.54. The molecule has 0 unspecified atom stereocenters. The first-order chi connectivity index (χ1) is 14.0. The highest BCUT2D eigenvalue weighted by atomic mass is 32.2. The molecule has 0 fully saturated rings. The number of benzene rings is 1. The summed E-state index contributed by atoms with van der Waals surface area (Å²) in [5.74, 6) is 1.17. The molecule has 1 amide bonds. The van der Waals surface area contributed by atoms with Gasteiger partial charge in [0.2, 0.25) is 5.91 Å². The Kier molecular flexibility index (Phi) is 6.66. The van der Waals surface area contributed by atoms with Gasteiger partial charge in [-0.2, -0.15) is 0 Å². The molecule has 0 saturated heterocycles. The minimum absolute atomic E-state index is 0.144. The molecule has 1 aromatic carbocycles. The molecule has 3 aromatic rings. The number of methoxy groups -OCH3 is 1. The number of ether oxygens (including phenoxy) is 1. The van der Waals surface area contributed by atoms with Crippen LogP contribution >= 0.6 is 11.8 Å². The van der Waals surface area contributed by atoms with Gasteiger partial charge in [0, 0.05) is 24.5 Å². The summed E-state index contributed by atoms with van der Waals surface area (Å²) in [7, 11) is 1.58. The number of pyridine rings is 1. The first kappa shape index (κ1) is 20.6. The Hall–Kier alpha value is -3.13. The van der Waals surface area contributed by atoms with Gasteiger partial charge in [0.25, 0.3) is 0 Å². The molecule has 2 aromatic heterocycles. The normalized spacial score (nSPS) is 11.7. The number of anilines is 1. The SMILES string of the molecule is C=CCn1c(S[C@H](C)C(=O)Nc2cc(C)ccc2OC)nnc1-c1cccnc1. The summed E-state index contributed by atoms with van der Waals surface area (Å²) in [5, 5.41) is 11.8. The van der Waals surface area contributed by atoms with Gasteiger partial charge in [-0.1, -0.05) is 23.9 Å². The number of aromatic nitrogens is 4. The van der Waals surface area contributed by atoms with Crippen molar-refractivity contribution >= 4 is 23.4 Å². The van der Waals surface area contributed by atoms with E-state index in [1.807, 2.05) is 48.7 Å². The van der Waals surface area contributed by atoms with Gasteiger partial charge in [-0.05, 0) is 43.7 Å². The Bertz CT molecular complexity index is 1000. The van der Waals surface area contributed by atoms with Crippen molar-refractivity contribution in [3.8, 4) is 17.1 Å². The Balaban J connectivity index is 1.79. The van der Waals surface area contributed by atoms with E-state index >= 15 is 0 Å². The van der Waals surface area contributed by atoms with Crippen LogP contribution in [0.15, 0.2) is 60.5 Å². The lowest BCUT2D eigenvalue weighted by molar-refractivity contribution is -0.115. The van der Waals surface area contributed by atoms with E-state index in [4.69, 9.17) is 4.74 Å². The van der Waals surface area contributed by atoms with Gasteiger partial charge in [0.05, 0.1) is 18.0 Å². The third kappa shape index (κ3) is 4.83. The van der Waals surface area contributed by atoms with Crippen molar-refractivity contribution in [3.05, 3.63) is 60.9 Å². The predicted octanol–water partition coefficient (Wildman–Crippen LogP) is 3.96. The molecule has 0 saturated carbocycles. The molecule has 0 spiro atoms. The second-order valence-electron chi connectivity index (χ2n) is 6.40. The van der Waals surface area contributed by atoms with Crippen LogP contribution in [0.1, 0.15) is 12.5 Å². The van der Waals surface area contributed by atoms with Gasteiger partial charge in [-0.25, -0.2) is 0 Å². The molecule has 2 heterocycles. The minimum atomic E-state index is -0.394. The number of aryl methyl sites for hydroxylation is 1. The van der Waals surface area contributed by atoms with Gasteiger partial charge in [-0.3, -0.25) is 14.3 Å². The van der Waals surface area contributed by atoms with Crippen molar-refractivity contribution in [2.75, 3.05) is 12.4 Å². The summed E-state index contributed by atoms with van der Waals surface area (Å²) in [4.78, 5) is 16.9. The van der Waals surface area contributed by atoms with Crippen LogP contribution in [0.25, 0.3) is 11.4 Å². The van der Waals surface area contributed by atoms with Crippen molar-refractivity contribution in [2.24, 2.45) is 0 Å². The number of hydrogen-bond donors (Lipinski definition) is 1. The summed E-state index contributed by atoms with van der Waals surface area (Å²) in [6.45, 7) is 8.14. The van der Waals surface area contributed by atoms with Crippen LogP contribution in [-0.2, 0) is 11.3 Å². The number of thioether (sulfide) groups is 1. The van der Waals surface area contributed by atoms with Crippen molar-refractivity contribution in [1.29, 1.82) is 0 Å². The fourth-order valence-electron chi connectivity index (χ4n) is 2.74. The summed E-state index contributed by atoms with van der Waals surface area (Å²) < 4.78 is 7.26. The Labute approximate surface area is 174 Å². The average Bonchev–Trinajstić information content (AvgIpc) is 3.11. The molecule has 3 rings (SSSR count). The lowest BCUT2D eigenvalue weighted by Crippen LogP contribution is -2.23. The molecule has 0 aliphatic carbocycles. The highest BCUT2D eigenvalue weighted by Gasteiger charge is 2.21. The molecule has 0 aliphatic heterocycles. The van der Waals surface area contributed by atoms with E-state index in [2.05, 4.69) is 27.1 Å². The van der Waals surface area contributed by atoms with Crippen LogP contribution in [0, 0.1) is 6.92 Å². The maximum Gasteiger partial charge on any atom is 0.237 e. The van der Waals surface area contributed by atoms with Gasteiger partial charge < -0.3 is 10.1 Å². The van der Waals surface area contributed by atoms with Crippen molar-refractivity contribution in [1.82, 2.24) is 19.7 Å². The Morgan fingerprint density at radius 3 is 2.90 bits per heavy atom. The van der Waals surface area contributed by atoms with Crippen molar-refractivity contribution < 1.29 is 9.53 Å². The number of carbonyl (C=O) groups is 1. The van der Waals surface area contributed by atoms with Crippen LogP contribution in [-0.4, -0.2) is 38.0 Å². The van der Waals surface area contributed by atoms with E-state index in [-0.39, 0.29) is 5.91 Å². The van der Waals surface area contributed by atoms with Crippen LogP contribution in [0.4, 0.5) is 5.69 Å². The van der Waals surface area contributed by atoms with Gasteiger partial charge in [0.15, 0.2) is 11.0 Å². The minimum Gasteiger partial charge on any atom is -0.495 e. The highest BCUT2D eigenvalue weighted by molar-refractivity contribution is 8.00. The number of nitrogens with one attached hydrogen (secondary N) is 1. The Morgan fingerprint density at radius 1 is 1.38 bits per heavy atom. The molecule has 29 heavy (non-hydrogen) atoms. The monoisotopic (exact) mass is 409 g/mol. The largest absolute Gasteiger partial charge is 0.495 e. The van der Waals surface area contributed by atoms with E-state index < -0.39 is 5.25 Å². The molecule has 1 N–H and O–H groups in total. The van der Waals surface area contributed by atoms with E-state index in [0.717, 1.165) is 11.1 Å². The Morgan fingerprint density at radius 2 is 2.21 bits per heavy atom. The lowest BCUT2D eigenvalue weighted by Gasteiger charge is -2.15. The molecular formula is C21H23N5O2S. The zero-order valence-electron chi connectivity index (χ0n) is 16.6. The van der Waals surface area contributed by atoms with Gasteiger partial charge in [0.1, 0.15) is 5.75 Å². The molecule has 8 heteroatoms. The fraction of sp³-hybridized carbons (Fsp3) is 0.238. The fourth-order valence-corrected chi connectivity index (χ4v) is 3.60. The molecule has 150 valence electrons. The van der Waals surface area contributed by atoms with E-state index in [1.165, 1.54) is 11.8 Å². The number of hydrogen-bond acceptors (Lipinski definition) is 6. The van der Waals surface area contributed by atoms with E-state index in [1.54, 1.807) is 25.6 Å². The third-order valence-electron chi connectivity index (χ3n) is 4.21. The van der Waals surface area contributed by atoms with E-state index in [0.29, 0.717) is 29.0 Å². The lowest BCUT2D eigenvalue weighted by atomic mass is 10.2. The molecule has 1 atom stereocenters. The third-order valence-corrected chi connectivity index (χ3v) is 5.29. The molecule has 0 aliphatic rings. The molecule has 0 radical (unpaired) electrons.